The molecule has 0 radical (unpaired) electrons. The number of halogens is 3. The number of rotatable bonds is 7. The second-order valence-electron chi connectivity index (χ2n) is 7.84. The van der Waals surface area contributed by atoms with Gasteiger partial charge in [0.05, 0.1) is 12.2 Å². The van der Waals surface area contributed by atoms with E-state index < -0.39 is 23.6 Å². The highest BCUT2D eigenvalue weighted by Gasteiger charge is 2.30. The highest BCUT2D eigenvalue weighted by molar-refractivity contribution is 7.15. The van der Waals surface area contributed by atoms with Crippen LogP contribution in [0.1, 0.15) is 28.6 Å². The number of hydrogen-bond acceptors (Lipinski definition) is 6. The number of alkyl halides is 3. The third-order valence-electron chi connectivity index (χ3n) is 5.34. The van der Waals surface area contributed by atoms with Crippen molar-refractivity contribution in [2.24, 2.45) is 0 Å². The van der Waals surface area contributed by atoms with E-state index in [0.29, 0.717) is 5.56 Å². The number of thiophene rings is 1. The Hall–Kier alpha value is -4.62. The van der Waals surface area contributed by atoms with Crippen LogP contribution in [0, 0.1) is 11.3 Å². The maximum atomic E-state index is 13.0. The lowest BCUT2D eigenvalue weighted by molar-refractivity contribution is -0.137. The van der Waals surface area contributed by atoms with Crippen LogP contribution in [-0.2, 0) is 15.7 Å². The molecule has 0 aliphatic rings. The van der Waals surface area contributed by atoms with E-state index in [1.54, 1.807) is 18.4 Å². The summed E-state index contributed by atoms with van der Waals surface area (Å²) in [6.07, 6.45) is -3.34. The fourth-order valence-corrected chi connectivity index (χ4v) is 4.53. The summed E-state index contributed by atoms with van der Waals surface area (Å²) in [5.41, 5.74) is 0.514. The van der Waals surface area contributed by atoms with E-state index >= 15 is 0 Å². The molecule has 192 valence electrons. The molecule has 10 heteroatoms. The molecule has 0 unspecified atom stereocenters. The fraction of sp³-hybridized carbons (Fsp3) is 0.107. The molecule has 0 atom stereocenters. The van der Waals surface area contributed by atoms with Crippen molar-refractivity contribution in [1.82, 2.24) is 0 Å². The first kappa shape index (κ1) is 26.4. The summed E-state index contributed by atoms with van der Waals surface area (Å²) in [5.74, 6) is -1.19. The Bertz CT molecular complexity index is 1550. The minimum atomic E-state index is -4.51. The molecule has 0 aliphatic heterocycles. The van der Waals surface area contributed by atoms with Gasteiger partial charge in [-0.2, -0.15) is 18.4 Å². The summed E-state index contributed by atoms with van der Waals surface area (Å²) < 4.78 is 49.9. The Balaban J connectivity index is 1.60. The van der Waals surface area contributed by atoms with Crippen LogP contribution in [0.25, 0.3) is 28.5 Å². The number of hydrogen-bond donors (Lipinski definition) is 1. The van der Waals surface area contributed by atoms with Gasteiger partial charge in [-0.15, -0.1) is 11.3 Å². The van der Waals surface area contributed by atoms with Gasteiger partial charge in [0.2, 0.25) is 0 Å². The first-order valence-electron chi connectivity index (χ1n) is 11.3. The monoisotopic (exact) mass is 536 g/mol. The minimum absolute atomic E-state index is 0.0888. The summed E-state index contributed by atoms with van der Waals surface area (Å²) in [7, 11) is 0. The van der Waals surface area contributed by atoms with Crippen LogP contribution in [-0.4, -0.2) is 18.5 Å². The van der Waals surface area contributed by atoms with Crippen LogP contribution in [0.4, 0.5) is 18.2 Å². The van der Waals surface area contributed by atoms with Gasteiger partial charge >= 0.3 is 12.1 Å². The fourth-order valence-electron chi connectivity index (χ4n) is 3.58. The molecule has 0 aliphatic carbocycles. The summed E-state index contributed by atoms with van der Waals surface area (Å²) >= 11 is 1.11. The number of nitriles is 1. The molecule has 0 spiro atoms. The van der Waals surface area contributed by atoms with E-state index in [1.165, 1.54) is 30.3 Å². The van der Waals surface area contributed by atoms with E-state index in [-0.39, 0.29) is 39.8 Å². The molecular formula is C28H19F3N2O4S. The van der Waals surface area contributed by atoms with Crippen LogP contribution in [0.15, 0.2) is 82.1 Å². The number of ether oxygens (including phenoxy) is 1. The van der Waals surface area contributed by atoms with Crippen LogP contribution in [0.2, 0.25) is 0 Å². The summed E-state index contributed by atoms with van der Waals surface area (Å²) in [4.78, 5) is 25.7. The van der Waals surface area contributed by atoms with Crippen molar-refractivity contribution in [1.29, 1.82) is 5.26 Å². The van der Waals surface area contributed by atoms with Crippen LogP contribution in [0.3, 0.4) is 0 Å². The zero-order valence-electron chi connectivity index (χ0n) is 19.8. The van der Waals surface area contributed by atoms with Gasteiger partial charge in [-0.05, 0) is 36.8 Å². The summed E-state index contributed by atoms with van der Waals surface area (Å²) in [5, 5.41) is 14.1. The summed E-state index contributed by atoms with van der Waals surface area (Å²) in [6, 6.07) is 18.4. The zero-order chi connectivity index (χ0) is 27.3. The van der Waals surface area contributed by atoms with Crippen molar-refractivity contribution in [2.75, 3.05) is 11.9 Å². The first-order chi connectivity index (χ1) is 18.2. The second kappa shape index (κ2) is 11.2. The molecule has 2 aromatic heterocycles. The van der Waals surface area contributed by atoms with Gasteiger partial charge in [0.25, 0.3) is 5.91 Å². The van der Waals surface area contributed by atoms with Gasteiger partial charge in [0.1, 0.15) is 33.7 Å². The Morgan fingerprint density at radius 3 is 2.50 bits per heavy atom. The third kappa shape index (κ3) is 5.85. The molecule has 0 bridgehead atoms. The molecular weight excluding hydrogens is 517 g/mol. The molecule has 2 aromatic carbocycles. The van der Waals surface area contributed by atoms with E-state index in [4.69, 9.17) is 9.15 Å². The number of nitrogens with zero attached hydrogens (tertiary/aromatic N) is 1. The van der Waals surface area contributed by atoms with Crippen molar-refractivity contribution in [2.45, 2.75) is 13.1 Å². The number of benzene rings is 2. The van der Waals surface area contributed by atoms with E-state index in [9.17, 15) is 28.0 Å². The molecule has 4 rings (SSSR count). The smallest absolute Gasteiger partial charge is 0.416 e. The zero-order valence-corrected chi connectivity index (χ0v) is 20.7. The van der Waals surface area contributed by atoms with Crippen molar-refractivity contribution >= 4 is 34.3 Å². The highest BCUT2D eigenvalue weighted by atomic mass is 32.1. The number of nitrogens with one attached hydrogen (secondary N) is 1. The van der Waals surface area contributed by atoms with Crippen molar-refractivity contribution in [3.63, 3.8) is 0 Å². The average Bonchev–Trinajstić information content (AvgIpc) is 3.55. The molecule has 1 amide bonds. The van der Waals surface area contributed by atoms with Gasteiger partial charge in [-0.25, -0.2) is 4.79 Å². The van der Waals surface area contributed by atoms with Gasteiger partial charge in [0.15, 0.2) is 0 Å². The number of carbonyl (C=O) groups is 2. The van der Waals surface area contributed by atoms with Crippen molar-refractivity contribution in [3.05, 3.63) is 94.6 Å². The second-order valence-corrected chi connectivity index (χ2v) is 8.72. The quantitative estimate of drug-likeness (QED) is 0.151. The van der Waals surface area contributed by atoms with E-state index in [0.717, 1.165) is 29.0 Å². The lowest BCUT2D eigenvalue weighted by atomic mass is 10.0. The Morgan fingerprint density at radius 2 is 1.82 bits per heavy atom. The van der Waals surface area contributed by atoms with Crippen molar-refractivity contribution in [3.8, 4) is 28.5 Å². The predicted octanol–water partition coefficient (Wildman–Crippen LogP) is 7.42. The van der Waals surface area contributed by atoms with Gasteiger partial charge in [-0.1, -0.05) is 42.5 Å². The minimum Gasteiger partial charge on any atom is -0.462 e. The highest BCUT2D eigenvalue weighted by Crippen LogP contribution is 2.37. The number of carbonyl (C=O) groups excluding carboxylic acids is 2. The van der Waals surface area contributed by atoms with Gasteiger partial charge < -0.3 is 14.5 Å². The molecule has 0 fully saturated rings. The maximum absolute atomic E-state index is 13.0. The largest absolute Gasteiger partial charge is 0.462 e. The molecule has 0 saturated carbocycles. The topological polar surface area (TPSA) is 92.3 Å². The number of furan rings is 1. The van der Waals surface area contributed by atoms with E-state index in [2.05, 4.69) is 5.32 Å². The normalized spacial score (nSPS) is 11.6. The third-order valence-corrected chi connectivity index (χ3v) is 6.23. The number of esters is 1. The predicted molar refractivity (Wildman–Crippen MR) is 137 cm³/mol. The Morgan fingerprint density at radius 1 is 1.08 bits per heavy atom. The van der Waals surface area contributed by atoms with Gasteiger partial charge in [0, 0.05) is 22.6 Å². The molecule has 6 nitrogen and oxygen atoms in total. The maximum Gasteiger partial charge on any atom is 0.416 e. The van der Waals surface area contributed by atoms with E-state index in [1.807, 2.05) is 30.3 Å². The van der Waals surface area contributed by atoms with Crippen LogP contribution >= 0.6 is 11.3 Å². The lowest BCUT2D eigenvalue weighted by Crippen LogP contribution is -2.16. The molecule has 2 heterocycles. The Kier molecular flexibility index (Phi) is 7.79. The van der Waals surface area contributed by atoms with Crippen LogP contribution < -0.4 is 5.32 Å². The first-order valence-corrected chi connectivity index (χ1v) is 12.1. The molecule has 0 saturated heterocycles. The van der Waals surface area contributed by atoms with Crippen molar-refractivity contribution < 1.29 is 31.9 Å². The standard InChI is InChI=1S/C28H19F3N2O4S/c1-2-36-27(35)24-22(17-7-4-3-5-8-17)16-38-26(24)33-25(34)19(15-32)14-21-11-12-23(37-21)18-9-6-10-20(13-18)28(29,30)31/h3-14,16H,2H2,1H3,(H,33,34)/b19-14+. The van der Waals surface area contributed by atoms with Crippen LogP contribution in [0.5, 0.6) is 0 Å². The average molecular weight is 537 g/mol. The Labute approximate surface area is 219 Å². The SMILES string of the molecule is CCOC(=O)c1c(-c2ccccc2)csc1NC(=O)/C(C#N)=C/c1ccc(-c2cccc(C(F)(F)F)c2)o1. The number of anilines is 1. The number of amides is 1. The summed E-state index contributed by atoms with van der Waals surface area (Å²) in [6.45, 7) is 1.80. The lowest BCUT2D eigenvalue weighted by Gasteiger charge is -2.08. The molecule has 38 heavy (non-hydrogen) atoms. The molecule has 4 aromatic rings. The molecule has 1 N–H and O–H groups in total. The van der Waals surface area contributed by atoms with Gasteiger partial charge in [-0.3, -0.25) is 4.79 Å².